The third-order valence-corrected chi connectivity index (χ3v) is 5.51. The third kappa shape index (κ3) is 2.87. The molecule has 0 aromatic carbocycles. The molecule has 0 aliphatic heterocycles. The second-order valence-corrected chi connectivity index (χ2v) is 7.11. The highest BCUT2D eigenvalue weighted by Crippen LogP contribution is 2.41. The molecule has 0 saturated heterocycles. The topological polar surface area (TPSA) is 100 Å². The van der Waals surface area contributed by atoms with Crippen molar-refractivity contribution in [3.8, 4) is 0 Å². The summed E-state index contributed by atoms with van der Waals surface area (Å²) in [7, 11) is 0. The average Bonchev–Trinajstić information content (AvgIpc) is 3.04. The summed E-state index contributed by atoms with van der Waals surface area (Å²) in [6, 6.07) is 0.365. The van der Waals surface area contributed by atoms with Crippen LogP contribution in [0.3, 0.4) is 0 Å². The van der Waals surface area contributed by atoms with Crippen LogP contribution in [0.5, 0.6) is 0 Å². The Labute approximate surface area is 126 Å². The van der Waals surface area contributed by atoms with Crippen molar-refractivity contribution in [2.45, 2.75) is 67.6 Å². The minimum absolute atomic E-state index is 0.174. The number of carboxylic acids is 1. The Morgan fingerprint density at radius 1 is 1.57 bits per heavy atom. The first-order chi connectivity index (χ1) is 10.0. The molecule has 1 heterocycles. The number of aromatic amines is 1. The zero-order valence-corrected chi connectivity index (χ0v) is 12.8. The van der Waals surface area contributed by atoms with Gasteiger partial charge in [-0.25, -0.2) is 9.89 Å². The lowest BCUT2D eigenvalue weighted by Crippen LogP contribution is -2.51. The predicted octanol–water partition coefficient (Wildman–Crippen LogP) is 0.811. The molecule has 0 bridgehead atoms. The lowest BCUT2D eigenvalue weighted by Gasteiger charge is -2.26. The number of nitrogens with zero attached hydrogens (tertiary/aromatic N) is 2. The molecule has 1 aromatic rings. The van der Waals surface area contributed by atoms with Gasteiger partial charge in [0.15, 0.2) is 5.16 Å². The van der Waals surface area contributed by atoms with Crippen molar-refractivity contribution in [1.29, 1.82) is 0 Å². The second kappa shape index (κ2) is 5.49. The zero-order chi connectivity index (χ0) is 15.0. The monoisotopic (exact) mass is 312 g/mol. The van der Waals surface area contributed by atoms with E-state index in [0.717, 1.165) is 19.3 Å². The van der Waals surface area contributed by atoms with Gasteiger partial charge in [0.05, 0.1) is 0 Å². The van der Waals surface area contributed by atoms with Gasteiger partial charge < -0.3 is 5.11 Å². The smallest absolute Gasteiger partial charge is 0.343 e. The largest absolute Gasteiger partial charge is 0.480 e. The number of aromatic nitrogens is 3. The molecular formula is C13H20N4O3S. The Kier molecular flexibility index (Phi) is 3.83. The van der Waals surface area contributed by atoms with Gasteiger partial charge in [-0.2, -0.15) is 0 Å². The molecule has 3 N–H and O–H groups in total. The molecule has 0 radical (unpaired) electrons. The average molecular weight is 312 g/mol. The maximum absolute atomic E-state index is 11.7. The zero-order valence-electron chi connectivity index (χ0n) is 12.0. The van der Waals surface area contributed by atoms with E-state index in [1.54, 1.807) is 4.57 Å². The Morgan fingerprint density at radius 3 is 2.95 bits per heavy atom. The molecule has 8 heteroatoms. The minimum atomic E-state index is -0.799. The van der Waals surface area contributed by atoms with Gasteiger partial charge in [-0.05, 0) is 39.0 Å². The number of nitrogens with one attached hydrogen (secondary N) is 2. The normalized spacial score (nSPS) is 28.9. The van der Waals surface area contributed by atoms with Crippen molar-refractivity contribution < 1.29 is 9.90 Å². The number of hydrogen-bond donors (Lipinski definition) is 3. The summed E-state index contributed by atoms with van der Waals surface area (Å²) < 4.78 is 1.58. The van der Waals surface area contributed by atoms with Gasteiger partial charge in [0, 0.05) is 17.8 Å². The molecule has 2 atom stereocenters. The van der Waals surface area contributed by atoms with Crippen LogP contribution in [0.1, 0.15) is 39.0 Å². The summed E-state index contributed by atoms with van der Waals surface area (Å²) in [6.45, 7) is 2.46. The first kappa shape index (κ1) is 14.6. The van der Waals surface area contributed by atoms with Gasteiger partial charge in [-0.1, -0.05) is 11.8 Å². The van der Waals surface area contributed by atoms with E-state index in [1.807, 2.05) is 6.92 Å². The maximum Gasteiger partial charge on any atom is 0.343 e. The van der Waals surface area contributed by atoms with Crippen LogP contribution in [0.2, 0.25) is 0 Å². The summed E-state index contributed by atoms with van der Waals surface area (Å²) in [5, 5.41) is 20.2. The van der Waals surface area contributed by atoms with Crippen LogP contribution in [0, 0.1) is 0 Å². The van der Waals surface area contributed by atoms with E-state index in [2.05, 4.69) is 15.5 Å². The molecule has 2 fully saturated rings. The van der Waals surface area contributed by atoms with Crippen molar-refractivity contribution in [3.05, 3.63) is 10.5 Å². The number of rotatable bonds is 6. The highest BCUT2D eigenvalue weighted by molar-refractivity contribution is 7.99. The van der Waals surface area contributed by atoms with Gasteiger partial charge in [-0.15, -0.1) is 5.10 Å². The van der Waals surface area contributed by atoms with Crippen molar-refractivity contribution in [2.24, 2.45) is 0 Å². The lowest BCUT2D eigenvalue weighted by atomic mass is 9.98. The molecule has 2 aliphatic rings. The van der Waals surface area contributed by atoms with E-state index in [-0.39, 0.29) is 10.9 Å². The van der Waals surface area contributed by atoms with Crippen molar-refractivity contribution in [2.75, 3.05) is 0 Å². The number of hydrogen-bond acceptors (Lipinski definition) is 5. The minimum Gasteiger partial charge on any atom is -0.480 e. The molecule has 0 spiro atoms. The van der Waals surface area contributed by atoms with Crippen LogP contribution in [-0.4, -0.2) is 42.7 Å². The van der Waals surface area contributed by atoms with Crippen LogP contribution < -0.4 is 11.0 Å². The number of carbonyl (C=O) groups is 1. The fourth-order valence-electron chi connectivity index (χ4n) is 2.93. The van der Waals surface area contributed by atoms with E-state index in [0.29, 0.717) is 30.6 Å². The van der Waals surface area contributed by atoms with E-state index in [9.17, 15) is 14.7 Å². The number of thioether (sulfide) groups is 1. The highest BCUT2D eigenvalue weighted by Gasteiger charge is 2.48. The molecule has 116 valence electrons. The van der Waals surface area contributed by atoms with Crippen LogP contribution in [0.4, 0.5) is 0 Å². The summed E-state index contributed by atoms with van der Waals surface area (Å²) >= 11 is 1.51. The first-order valence-electron chi connectivity index (χ1n) is 7.37. The Bertz CT molecular complexity index is 594. The van der Waals surface area contributed by atoms with Gasteiger partial charge in [0.1, 0.15) is 5.54 Å². The summed E-state index contributed by atoms with van der Waals surface area (Å²) in [4.78, 5) is 23.2. The van der Waals surface area contributed by atoms with Crippen LogP contribution in [0.25, 0.3) is 0 Å². The molecule has 7 nitrogen and oxygen atoms in total. The van der Waals surface area contributed by atoms with E-state index in [1.165, 1.54) is 11.8 Å². The molecule has 3 rings (SSSR count). The van der Waals surface area contributed by atoms with Crippen LogP contribution in [0.15, 0.2) is 9.95 Å². The quantitative estimate of drug-likeness (QED) is 0.719. The van der Waals surface area contributed by atoms with Crippen LogP contribution >= 0.6 is 11.8 Å². The van der Waals surface area contributed by atoms with Gasteiger partial charge in [-0.3, -0.25) is 14.7 Å². The summed E-state index contributed by atoms with van der Waals surface area (Å²) in [6.07, 6.45) is 4.18. The number of carboxylic acid groups (broad SMARTS) is 1. The van der Waals surface area contributed by atoms with Gasteiger partial charge in [0.2, 0.25) is 0 Å². The lowest BCUT2D eigenvalue weighted by molar-refractivity contribution is -0.144. The number of H-pyrrole nitrogens is 1. The van der Waals surface area contributed by atoms with Gasteiger partial charge >= 0.3 is 11.7 Å². The van der Waals surface area contributed by atoms with Crippen molar-refractivity contribution >= 4 is 17.7 Å². The van der Waals surface area contributed by atoms with Gasteiger partial charge in [0.25, 0.3) is 0 Å². The molecule has 2 unspecified atom stereocenters. The molecule has 2 saturated carbocycles. The van der Waals surface area contributed by atoms with E-state index >= 15 is 0 Å². The Morgan fingerprint density at radius 2 is 2.33 bits per heavy atom. The molecule has 21 heavy (non-hydrogen) atoms. The standard InChI is InChI=1S/C13H20N4O3S/c1-2-17-11(20)15-16-12(17)21-9-5-6-13(7-9,10(18)19)14-8-3-4-8/h8-9,14H,2-7H2,1H3,(H,15,20)(H,18,19). The molecule has 1 aromatic heterocycles. The molecular weight excluding hydrogens is 292 g/mol. The van der Waals surface area contributed by atoms with Crippen LogP contribution in [-0.2, 0) is 11.3 Å². The summed E-state index contributed by atoms with van der Waals surface area (Å²) in [5.74, 6) is -0.757. The Hall–Kier alpha value is -1.28. The molecule has 0 amide bonds. The Balaban J connectivity index is 1.70. The van der Waals surface area contributed by atoms with E-state index in [4.69, 9.17) is 0 Å². The number of aliphatic carboxylic acids is 1. The van der Waals surface area contributed by atoms with E-state index < -0.39 is 11.5 Å². The summed E-state index contributed by atoms with van der Waals surface area (Å²) in [5.41, 5.74) is -1.01. The van der Waals surface area contributed by atoms with Crippen molar-refractivity contribution in [3.63, 3.8) is 0 Å². The molecule has 2 aliphatic carbocycles. The SMILES string of the molecule is CCn1c(SC2CCC(NC3CC3)(C(=O)O)C2)n[nH]c1=O. The van der Waals surface area contributed by atoms with Crippen molar-refractivity contribution in [1.82, 2.24) is 20.1 Å². The third-order valence-electron chi connectivity index (χ3n) is 4.25. The predicted molar refractivity (Wildman–Crippen MR) is 78.5 cm³/mol. The fraction of sp³-hybridized carbons (Fsp3) is 0.769. The first-order valence-corrected chi connectivity index (χ1v) is 8.25. The maximum atomic E-state index is 11.7. The fourth-order valence-corrected chi connectivity index (χ4v) is 4.27. The second-order valence-electron chi connectivity index (χ2n) is 5.84. The highest BCUT2D eigenvalue weighted by atomic mass is 32.2.